The van der Waals surface area contributed by atoms with Gasteiger partial charge in [-0.15, -0.1) is 11.6 Å². The van der Waals surface area contributed by atoms with Crippen molar-refractivity contribution < 1.29 is 29.3 Å². The first-order valence-corrected chi connectivity index (χ1v) is 8.24. The van der Waals surface area contributed by atoms with Crippen LogP contribution < -0.4 is 20.8 Å². The first-order valence-electron chi connectivity index (χ1n) is 7.71. The summed E-state index contributed by atoms with van der Waals surface area (Å²) >= 11 is 5.62. The monoisotopic (exact) mass is 396 g/mol. The molecule has 0 saturated carbocycles. The van der Waals surface area contributed by atoms with Crippen molar-refractivity contribution in [3.63, 3.8) is 0 Å². The number of hydrogen-bond donors (Lipinski definition) is 4. The maximum atomic E-state index is 12.1. The Hall–Kier alpha value is -3.20. The molecule has 0 aliphatic rings. The second-order valence-electron chi connectivity index (χ2n) is 5.36. The maximum Gasteiger partial charge on any atom is 0.342 e. The Labute approximate surface area is 158 Å². The van der Waals surface area contributed by atoms with E-state index in [4.69, 9.17) is 26.8 Å². The van der Waals surface area contributed by atoms with E-state index >= 15 is 0 Å². The van der Waals surface area contributed by atoms with Gasteiger partial charge in [0.05, 0.1) is 13.7 Å². The summed E-state index contributed by atoms with van der Waals surface area (Å²) < 4.78 is 10.8. The number of halogens is 1. The van der Waals surface area contributed by atoms with Gasteiger partial charge in [-0.1, -0.05) is 6.07 Å². The van der Waals surface area contributed by atoms with Crippen LogP contribution in [-0.4, -0.2) is 46.7 Å². The lowest BCUT2D eigenvalue weighted by Gasteiger charge is -2.15. The van der Waals surface area contributed by atoms with Gasteiger partial charge in [-0.05, 0) is 24.1 Å². The third-order valence-corrected chi connectivity index (χ3v) is 3.93. The number of rotatable bonds is 8. The second kappa shape index (κ2) is 8.45. The van der Waals surface area contributed by atoms with E-state index in [0.29, 0.717) is 18.1 Å². The lowest BCUT2D eigenvalue weighted by Crippen LogP contribution is -2.24. The summed E-state index contributed by atoms with van der Waals surface area (Å²) in [6, 6.07) is 4.28. The molecule has 0 atom stereocenters. The minimum atomic E-state index is -1.59. The highest BCUT2D eigenvalue weighted by atomic mass is 35.5. The molecule has 2 aromatic rings. The highest BCUT2D eigenvalue weighted by Crippen LogP contribution is 2.36. The number of aromatic amines is 1. The fourth-order valence-corrected chi connectivity index (χ4v) is 2.63. The Balaban J connectivity index is 2.76. The first kappa shape index (κ1) is 20.1. The summed E-state index contributed by atoms with van der Waals surface area (Å²) in [7, 11) is 1.42. The van der Waals surface area contributed by atoms with Gasteiger partial charge < -0.3 is 30.4 Å². The number of carbonyl (C=O) groups is 2. The van der Waals surface area contributed by atoms with E-state index in [1.165, 1.54) is 25.3 Å². The van der Waals surface area contributed by atoms with Crippen LogP contribution in [0.1, 0.15) is 27.1 Å². The number of nitrogens with two attached hydrogens (primary N) is 1. The zero-order valence-corrected chi connectivity index (χ0v) is 15.0. The zero-order valence-electron chi connectivity index (χ0n) is 14.2. The van der Waals surface area contributed by atoms with E-state index in [1.807, 2.05) is 4.98 Å². The van der Waals surface area contributed by atoms with Gasteiger partial charge in [0.2, 0.25) is 0 Å². The van der Waals surface area contributed by atoms with Gasteiger partial charge >= 0.3 is 11.9 Å². The third kappa shape index (κ3) is 4.14. The zero-order chi connectivity index (χ0) is 20.1. The molecule has 9 nitrogen and oxygen atoms in total. The van der Waals surface area contributed by atoms with Crippen LogP contribution >= 0.6 is 11.6 Å². The van der Waals surface area contributed by atoms with Gasteiger partial charge in [-0.2, -0.15) is 0 Å². The van der Waals surface area contributed by atoms with Gasteiger partial charge in [-0.3, -0.25) is 4.79 Å². The largest absolute Gasteiger partial charge is 0.493 e. The molecular weight excluding hydrogens is 380 g/mol. The second-order valence-corrected chi connectivity index (χ2v) is 5.74. The summed E-state index contributed by atoms with van der Waals surface area (Å²) in [5.41, 5.74) is 3.16. The smallest absolute Gasteiger partial charge is 0.342 e. The summed E-state index contributed by atoms with van der Waals surface area (Å²) in [6.07, 6.45) is 0.549. The number of nitrogen functional groups attached to an aromatic ring is 1. The molecule has 0 amide bonds. The maximum absolute atomic E-state index is 12.1. The van der Waals surface area contributed by atoms with Gasteiger partial charge in [-0.25, -0.2) is 9.59 Å². The molecule has 5 N–H and O–H groups in total. The molecule has 1 aromatic heterocycles. The number of hydrogen-bond acceptors (Lipinski definition) is 6. The Morgan fingerprint density at radius 1 is 1.19 bits per heavy atom. The van der Waals surface area contributed by atoms with E-state index in [0.717, 1.165) is 0 Å². The Bertz CT molecular complexity index is 940. The van der Waals surface area contributed by atoms with E-state index in [2.05, 4.69) is 0 Å². The van der Waals surface area contributed by atoms with Gasteiger partial charge in [0, 0.05) is 11.4 Å². The number of anilines is 1. The number of methoxy groups -OCH3 is 1. The molecule has 0 aliphatic heterocycles. The SMILES string of the molecule is COc1ccc(-c2c(C(=O)O)c(N)[nH]c(=O)c2C(=O)O)cc1OCCCCl. The number of H-pyrrole nitrogens is 1. The van der Waals surface area contributed by atoms with Crippen LogP contribution in [0.4, 0.5) is 5.82 Å². The number of aromatic nitrogens is 1. The molecule has 1 heterocycles. The quantitative estimate of drug-likeness (QED) is 0.390. The van der Waals surface area contributed by atoms with Crippen LogP contribution in [0.3, 0.4) is 0 Å². The van der Waals surface area contributed by atoms with Crippen molar-refractivity contribution in [2.45, 2.75) is 6.42 Å². The molecule has 0 fully saturated rings. The minimum absolute atomic E-state index is 0.129. The predicted molar refractivity (Wildman–Crippen MR) is 98.2 cm³/mol. The standard InChI is InChI=1S/C17H17ClN2O7/c1-26-9-4-3-8(7-10(9)27-6-2-5-18)11-12(16(22)23)14(19)20-15(21)13(11)17(24)25/h3-4,7H,2,5-6H2,1H3,(H,22,23)(H,24,25)(H3,19,20,21). The summed E-state index contributed by atoms with van der Waals surface area (Å²) in [4.78, 5) is 37.4. The van der Waals surface area contributed by atoms with Gasteiger partial charge in [0.15, 0.2) is 11.5 Å². The van der Waals surface area contributed by atoms with E-state index < -0.39 is 34.4 Å². The molecule has 2 rings (SSSR count). The average Bonchev–Trinajstić information content (AvgIpc) is 2.60. The number of alkyl halides is 1. The fourth-order valence-electron chi connectivity index (χ4n) is 2.52. The van der Waals surface area contributed by atoms with Crippen molar-refractivity contribution >= 4 is 29.4 Å². The topological polar surface area (TPSA) is 152 Å². The summed E-state index contributed by atoms with van der Waals surface area (Å²) in [5.74, 6) is -2.56. The van der Waals surface area contributed by atoms with Crippen molar-refractivity contribution in [2.75, 3.05) is 25.3 Å². The highest BCUT2D eigenvalue weighted by molar-refractivity contribution is 6.17. The van der Waals surface area contributed by atoms with Crippen LogP contribution in [0, 0.1) is 0 Å². The normalized spacial score (nSPS) is 10.4. The van der Waals surface area contributed by atoms with Crippen molar-refractivity contribution in [1.29, 1.82) is 0 Å². The summed E-state index contributed by atoms with van der Waals surface area (Å²) in [5, 5.41) is 18.9. The average molecular weight is 397 g/mol. The molecule has 0 radical (unpaired) electrons. The van der Waals surface area contributed by atoms with Crippen molar-refractivity contribution in [3.8, 4) is 22.6 Å². The van der Waals surface area contributed by atoms with Gasteiger partial charge in [0.1, 0.15) is 16.9 Å². The number of nitrogens with one attached hydrogen (secondary N) is 1. The number of ether oxygens (including phenoxy) is 2. The van der Waals surface area contributed by atoms with Crippen LogP contribution in [0.5, 0.6) is 11.5 Å². The summed E-state index contributed by atoms with van der Waals surface area (Å²) in [6.45, 7) is 0.262. The van der Waals surface area contributed by atoms with E-state index in [-0.39, 0.29) is 23.5 Å². The number of benzene rings is 1. The fraction of sp³-hybridized carbons (Fsp3) is 0.235. The van der Waals surface area contributed by atoms with Gasteiger partial charge in [0.25, 0.3) is 5.56 Å². The van der Waals surface area contributed by atoms with Crippen molar-refractivity contribution in [1.82, 2.24) is 4.98 Å². The lowest BCUT2D eigenvalue weighted by molar-refractivity contribution is 0.0695. The Morgan fingerprint density at radius 2 is 1.85 bits per heavy atom. The molecule has 0 unspecified atom stereocenters. The molecule has 0 spiro atoms. The highest BCUT2D eigenvalue weighted by Gasteiger charge is 2.27. The van der Waals surface area contributed by atoms with Crippen molar-refractivity contribution in [3.05, 3.63) is 39.7 Å². The van der Waals surface area contributed by atoms with Crippen LogP contribution in [0.25, 0.3) is 11.1 Å². The Kier molecular flexibility index (Phi) is 6.30. The number of carboxylic acid groups (broad SMARTS) is 2. The van der Waals surface area contributed by atoms with E-state index in [9.17, 15) is 24.6 Å². The molecule has 10 heteroatoms. The lowest BCUT2D eigenvalue weighted by atomic mass is 9.95. The predicted octanol–water partition coefficient (Wildman–Crippen LogP) is 2.04. The number of aromatic carboxylic acids is 2. The number of pyridine rings is 1. The molecule has 27 heavy (non-hydrogen) atoms. The van der Waals surface area contributed by atoms with Crippen LogP contribution in [-0.2, 0) is 0 Å². The van der Waals surface area contributed by atoms with Crippen LogP contribution in [0.2, 0.25) is 0 Å². The van der Waals surface area contributed by atoms with Crippen molar-refractivity contribution in [2.24, 2.45) is 0 Å². The molecule has 0 bridgehead atoms. The minimum Gasteiger partial charge on any atom is -0.493 e. The number of carboxylic acids is 2. The molecule has 0 aliphatic carbocycles. The molecule has 0 saturated heterocycles. The first-order chi connectivity index (χ1) is 12.8. The molecular formula is C17H17ClN2O7. The molecule has 144 valence electrons. The van der Waals surface area contributed by atoms with E-state index in [1.54, 1.807) is 0 Å². The third-order valence-electron chi connectivity index (χ3n) is 3.66. The van der Waals surface area contributed by atoms with Crippen LogP contribution in [0.15, 0.2) is 23.0 Å². The molecule has 1 aromatic carbocycles. The Morgan fingerprint density at radius 3 is 2.41 bits per heavy atom.